The van der Waals surface area contributed by atoms with E-state index in [1.807, 2.05) is 0 Å². The third-order valence-electron chi connectivity index (χ3n) is 1.71. The largest absolute Gasteiger partial charge is 0.502 e. The lowest BCUT2D eigenvalue weighted by molar-refractivity contribution is 0.462. The van der Waals surface area contributed by atoms with Crippen molar-refractivity contribution >= 4 is 5.69 Å². The predicted octanol–water partition coefficient (Wildman–Crippen LogP) is -1.62. The summed E-state index contributed by atoms with van der Waals surface area (Å²) in [5, 5.41) is 8.97. The average molecular weight is 170 g/mol. The van der Waals surface area contributed by atoms with Gasteiger partial charge in [-0.2, -0.15) is 0 Å². The number of likely N-dealkylation sites (N-methyl/N-ethyl adjacent to an activating group) is 1. The van der Waals surface area contributed by atoms with Crippen LogP contribution in [-0.2, 0) is 0 Å². The van der Waals surface area contributed by atoms with Gasteiger partial charge >= 0.3 is 0 Å². The van der Waals surface area contributed by atoms with Crippen molar-refractivity contribution in [2.45, 2.75) is 0 Å². The van der Waals surface area contributed by atoms with E-state index in [0.29, 0.717) is 13.1 Å². The number of aromatic hydroxyl groups is 1. The molecule has 0 aromatic heterocycles. The normalized spacial score (nSPS) is 10.5. The lowest BCUT2D eigenvalue weighted by Crippen LogP contribution is -2.39. The van der Waals surface area contributed by atoms with Gasteiger partial charge in [-0.15, -0.1) is 0 Å². The summed E-state index contributed by atoms with van der Waals surface area (Å²) in [6.07, 6.45) is 0. The molecule has 0 atom stereocenters. The first-order valence-electron chi connectivity index (χ1n) is 3.53. The molecule has 12 heavy (non-hydrogen) atoms. The molecule has 0 amide bonds. The molecule has 1 aromatic rings. The van der Waals surface area contributed by atoms with Crippen molar-refractivity contribution in [3.8, 4) is 5.75 Å². The Morgan fingerprint density at radius 1 is 1.42 bits per heavy atom. The topological polar surface area (TPSA) is 83.6 Å². The fourth-order valence-electron chi connectivity index (χ4n) is 1.03. The Hall–Kier alpha value is -1.36. The van der Waals surface area contributed by atoms with Crippen LogP contribution >= 0.6 is 0 Å². The molecule has 0 bridgehead atoms. The highest BCUT2D eigenvalue weighted by atomic mass is 16.3. The van der Waals surface area contributed by atoms with Crippen molar-refractivity contribution in [3.05, 3.63) is 20.4 Å². The van der Waals surface area contributed by atoms with Crippen molar-refractivity contribution in [1.29, 1.82) is 0 Å². The maximum Gasteiger partial charge on any atom is 0.271 e. The molecule has 0 heterocycles. The summed E-state index contributed by atoms with van der Waals surface area (Å²) in [4.78, 5) is 22.9. The van der Waals surface area contributed by atoms with Gasteiger partial charge in [0.15, 0.2) is 5.75 Å². The van der Waals surface area contributed by atoms with Crippen molar-refractivity contribution < 1.29 is 5.11 Å². The van der Waals surface area contributed by atoms with E-state index in [1.165, 1.54) is 4.90 Å². The highest BCUT2D eigenvalue weighted by Gasteiger charge is 2.22. The third kappa shape index (κ3) is 1.08. The minimum absolute atomic E-state index is 0.0745. The summed E-state index contributed by atoms with van der Waals surface area (Å²) in [6, 6.07) is 0. The van der Waals surface area contributed by atoms with Gasteiger partial charge in [-0.3, -0.25) is 9.59 Å². The number of nitrogens with two attached hydrogens (primary N) is 1. The van der Waals surface area contributed by atoms with Gasteiger partial charge in [0.25, 0.3) is 10.9 Å². The SMILES string of the molecule is CN(CCN)c1c(O)c(=O)c1=O. The van der Waals surface area contributed by atoms with E-state index < -0.39 is 16.6 Å². The van der Waals surface area contributed by atoms with Crippen molar-refractivity contribution in [2.24, 2.45) is 5.73 Å². The van der Waals surface area contributed by atoms with Gasteiger partial charge in [-0.05, 0) is 0 Å². The molecule has 1 aromatic carbocycles. The van der Waals surface area contributed by atoms with E-state index in [2.05, 4.69) is 0 Å². The first-order chi connectivity index (χ1) is 5.59. The quantitative estimate of drug-likeness (QED) is 0.533. The zero-order valence-electron chi connectivity index (χ0n) is 6.70. The Morgan fingerprint density at radius 3 is 2.42 bits per heavy atom. The zero-order chi connectivity index (χ0) is 9.30. The first kappa shape index (κ1) is 8.73. The number of anilines is 1. The molecule has 66 valence electrons. The lowest BCUT2D eigenvalue weighted by atomic mass is 10.2. The van der Waals surface area contributed by atoms with E-state index in [1.54, 1.807) is 7.05 Å². The van der Waals surface area contributed by atoms with Crippen LogP contribution in [0.3, 0.4) is 0 Å². The summed E-state index contributed by atoms with van der Waals surface area (Å²) >= 11 is 0. The number of rotatable bonds is 3. The fourth-order valence-corrected chi connectivity index (χ4v) is 1.03. The number of hydrogen-bond acceptors (Lipinski definition) is 5. The van der Waals surface area contributed by atoms with Gasteiger partial charge in [0.1, 0.15) is 5.69 Å². The second kappa shape index (κ2) is 2.94. The molecule has 0 saturated carbocycles. The Kier molecular flexibility index (Phi) is 2.14. The molecule has 1 rings (SSSR count). The number of nitrogens with zero attached hydrogens (tertiary/aromatic N) is 1. The van der Waals surface area contributed by atoms with Crippen molar-refractivity contribution in [3.63, 3.8) is 0 Å². The maximum absolute atomic E-state index is 10.8. The zero-order valence-corrected chi connectivity index (χ0v) is 6.70. The highest BCUT2D eigenvalue weighted by Crippen LogP contribution is 2.18. The van der Waals surface area contributed by atoms with Crippen LogP contribution in [0.5, 0.6) is 5.75 Å². The molecule has 0 radical (unpaired) electrons. The van der Waals surface area contributed by atoms with Crippen LogP contribution in [0, 0.1) is 0 Å². The van der Waals surface area contributed by atoms with Gasteiger partial charge in [-0.1, -0.05) is 0 Å². The molecule has 5 heteroatoms. The summed E-state index contributed by atoms with van der Waals surface area (Å²) in [5.41, 5.74) is 3.86. The molecule has 0 aliphatic rings. The van der Waals surface area contributed by atoms with Gasteiger partial charge in [0.2, 0.25) is 0 Å². The van der Waals surface area contributed by atoms with E-state index in [4.69, 9.17) is 10.8 Å². The summed E-state index contributed by atoms with van der Waals surface area (Å²) < 4.78 is 0. The molecule has 0 fully saturated rings. The van der Waals surface area contributed by atoms with Crippen LogP contribution in [0.25, 0.3) is 0 Å². The minimum atomic E-state index is -0.811. The molecule has 0 unspecified atom stereocenters. The molecule has 5 nitrogen and oxygen atoms in total. The van der Waals surface area contributed by atoms with Crippen molar-refractivity contribution in [1.82, 2.24) is 0 Å². The van der Waals surface area contributed by atoms with Gasteiger partial charge in [0, 0.05) is 20.1 Å². The molecule has 0 spiro atoms. The summed E-state index contributed by atoms with van der Waals surface area (Å²) in [7, 11) is 1.60. The Morgan fingerprint density at radius 2 is 2.00 bits per heavy atom. The summed E-state index contributed by atoms with van der Waals surface area (Å²) in [5.74, 6) is -0.448. The van der Waals surface area contributed by atoms with Crippen LogP contribution in [0.2, 0.25) is 0 Å². The minimum Gasteiger partial charge on any atom is -0.502 e. The van der Waals surface area contributed by atoms with Crippen molar-refractivity contribution in [2.75, 3.05) is 25.0 Å². The maximum atomic E-state index is 10.8. The van der Waals surface area contributed by atoms with Crippen LogP contribution in [0.1, 0.15) is 0 Å². The highest BCUT2D eigenvalue weighted by molar-refractivity contribution is 5.62. The Labute approximate surface area is 68.7 Å². The third-order valence-corrected chi connectivity index (χ3v) is 1.71. The van der Waals surface area contributed by atoms with Gasteiger partial charge in [0.05, 0.1) is 0 Å². The molecule has 0 aliphatic carbocycles. The van der Waals surface area contributed by atoms with E-state index in [0.717, 1.165) is 0 Å². The monoisotopic (exact) mass is 170 g/mol. The first-order valence-corrected chi connectivity index (χ1v) is 3.53. The van der Waals surface area contributed by atoms with E-state index >= 15 is 0 Å². The Balaban J connectivity index is 2.91. The summed E-state index contributed by atoms with van der Waals surface area (Å²) in [6.45, 7) is 0.813. The van der Waals surface area contributed by atoms with E-state index in [9.17, 15) is 9.59 Å². The van der Waals surface area contributed by atoms with Gasteiger partial charge in [-0.25, -0.2) is 0 Å². The molecule has 3 N–H and O–H groups in total. The smallest absolute Gasteiger partial charge is 0.271 e. The molecule has 0 aliphatic heterocycles. The average Bonchev–Trinajstić information content (AvgIpc) is 2.05. The fraction of sp³-hybridized carbons (Fsp3) is 0.429. The lowest BCUT2D eigenvalue weighted by Gasteiger charge is -2.19. The van der Waals surface area contributed by atoms with Crippen LogP contribution in [0.15, 0.2) is 9.59 Å². The molecular weight excluding hydrogens is 160 g/mol. The Bertz CT molecular complexity index is 351. The van der Waals surface area contributed by atoms with Gasteiger partial charge < -0.3 is 15.7 Å². The van der Waals surface area contributed by atoms with Crippen LogP contribution in [-0.4, -0.2) is 25.2 Å². The second-order valence-electron chi connectivity index (χ2n) is 2.57. The second-order valence-corrected chi connectivity index (χ2v) is 2.57. The molecule has 0 saturated heterocycles. The molecular formula is C7H10N2O3. The van der Waals surface area contributed by atoms with Crippen LogP contribution in [0.4, 0.5) is 5.69 Å². The predicted molar refractivity (Wildman–Crippen MR) is 45.3 cm³/mol. The number of hydrogen-bond donors (Lipinski definition) is 2. The van der Waals surface area contributed by atoms with Crippen LogP contribution < -0.4 is 21.5 Å². The standard InChI is InChI=1S/C7H10N2O3/c1-9(3-2-8)4-5(10)7(12)6(4)11/h10H,2-3,8H2,1H3. The van der Waals surface area contributed by atoms with E-state index in [-0.39, 0.29) is 5.69 Å².